The van der Waals surface area contributed by atoms with Gasteiger partial charge >= 0.3 is 6.03 Å². The molecule has 0 aromatic rings. The van der Waals surface area contributed by atoms with Gasteiger partial charge in [-0.05, 0) is 32.1 Å². The molecule has 0 radical (unpaired) electrons. The van der Waals surface area contributed by atoms with E-state index in [0.717, 1.165) is 12.8 Å². The fourth-order valence-electron chi connectivity index (χ4n) is 2.59. The second-order valence-electron chi connectivity index (χ2n) is 5.91. The van der Waals surface area contributed by atoms with Crippen LogP contribution in [0, 0.1) is 5.92 Å². The van der Waals surface area contributed by atoms with E-state index in [0.29, 0.717) is 32.0 Å². The second kappa shape index (κ2) is 8.00. The number of rotatable bonds is 8. The van der Waals surface area contributed by atoms with Crippen molar-refractivity contribution in [2.45, 2.75) is 53.0 Å². The molecule has 0 aliphatic carbocycles. The van der Waals surface area contributed by atoms with E-state index in [1.807, 2.05) is 20.8 Å². The van der Waals surface area contributed by atoms with Crippen molar-refractivity contribution in [3.8, 4) is 0 Å². The molecule has 0 spiro atoms. The van der Waals surface area contributed by atoms with Crippen molar-refractivity contribution in [3.05, 3.63) is 0 Å². The molecule has 21 heavy (non-hydrogen) atoms. The Bertz CT molecular complexity index is 396. The van der Waals surface area contributed by atoms with Gasteiger partial charge in [0.2, 0.25) is 5.91 Å². The first-order valence-electron chi connectivity index (χ1n) is 7.74. The Morgan fingerprint density at radius 3 is 2.48 bits per heavy atom. The summed E-state index contributed by atoms with van der Waals surface area (Å²) in [4.78, 5) is 38.4. The summed E-state index contributed by atoms with van der Waals surface area (Å²) in [5, 5.41) is 2.74. The third kappa shape index (κ3) is 4.72. The van der Waals surface area contributed by atoms with E-state index in [1.54, 1.807) is 4.90 Å². The van der Waals surface area contributed by atoms with Crippen molar-refractivity contribution < 1.29 is 14.4 Å². The highest BCUT2D eigenvalue weighted by atomic mass is 16.2. The van der Waals surface area contributed by atoms with Crippen molar-refractivity contribution in [2.24, 2.45) is 5.92 Å². The fraction of sp³-hybridized carbons (Fsp3) is 0.800. The van der Waals surface area contributed by atoms with Gasteiger partial charge < -0.3 is 10.2 Å². The maximum atomic E-state index is 12.3. The van der Waals surface area contributed by atoms with E-state index >= 15 is 0 Å². The van der Waals surface area contributed by atoms with Crippen LogP contribution in [0.3, 0.4) is 0 Å². The third-order valence-corrected chi connectivity index (χ3v) is 3.56. The molecule has 0 bridgehead atoms. The van der Waals surface area contributed by atoms with Crippen LogP contribution in [0.15, 0.2) is 0 Å². The quantitative estimate of drug-likeness (QED) is 0.546. The van der Waals surface area contributed by atoms with Crippen LogP contribution < -0.4 is 5.32 Å². The number of hydrogen-bond donors (Lipinski definition) is 1. The minimum atomic E-state index is -0.336. The van der Waals surface area contributed by atoms with Gasteiger partial charge in [0.05, 0.1) is 0 Å². The van der Waals surface area contributed by atoms with Crippen molar-refractivity contribution in [3.63, 3.8) is 0 Å². The Hall–Kier alpha value is -1.59. The molecule has 1 heterocycles. The standard InChI is InChI=1S/C15H27N3O3/c1-5-17-14(20)13(8-6-7-9-16-12(4)19)18(15(17)21)10-11(2)3/h11,13H,5-10H2,1-4H3,(H,16,19)/t13-/m0/s1. The monoisotopic (exact) mass is 297 g/mol. The van der Waals surface area contributed by atoms with Crippen LogP contribution in [0.2, 0.25) is 0 Å². The lowest BCUT2D eigenvalue weighted by atomic mass is 10.1. The number of amides is 4. The normalized spacial score (nSPS) is 18.8. The van der Waals surface area contributed by atoms with E-state index in [-0.39, 0.29) is 23.9 Å². The maximum absolute atomic E-state index is 12.3. The lowest BCUT2D eigenvalue weighted by molar-refractivity contribution is -0.128. The average molecular weight is 297 g/mol. The third-order valence-electron chi connectivity index (χ3n) is 3.56. The molecule has 120 valence electrons. The molecule has 1 rings (SSSR count). The minimum absolute atomic E-state index is 0.0410. The van der Waals surface area contributed by atoms with Crippen LogP contribution in [0.25, 0.3) is 0 Å². The van der Waals surface area contributed by atoms with Gasteiger partial charge in [0.1, 0.15) is 6.04 Å². The highest BCUT2D eigenvalue weighted by Crippen LogP contribution is 2.23. The molecule has 0 unspecified atom stereocenters. The van der Waals surface area contributed by atoms with Crippen LogP contribution in [0.1, 0.15) is 47.0 Å². The van der Waals surface area contributed by atoms with Crippen LogP contribution >= 0.6 is 0 Å². The highest BCUT2D eigenvalue weighted by Gasteiger charge is 2.43. The van der Waals surface area contributed by atoms with Crippen LogP contribution in [-0.2, 0) is 9.59 Å². The highest BCUT2D eigenvalue weighted by molar-refractivity contribution is 6.04. The van der Waals surface area contributed by atoms with E-state index in [4.69, 9.17) is 0 Å². The molecule has 0 saturated carbocycles. The number of unbranched alkanes of at least 4 members (excludes halogenated alkanes) is 1. The Labute approximate surface area is 126 Å². The molecule has 1 saturated heterocycles. The molecule has 1 fully saturated rings. The molecule has 6 nitrogen and oxygen atoms in total. The van der Waals surface area contributed by atoms with Gasteiger partial charge in [-0.3, -0.25) is 14.5 Å². The summed E-state index contributed by atoms with van der Waals surface area (Å²) in [6.45, 7) is 9.05. The van der Waals surface area contributed by atoms with E-state index < -0.39 is 0 Å². The minimum Gasteiger partial charge on any atom is -0.356 e. The number of likely N-dealkylation sites (N-methyl/N-ethyl adjacent to an activating group) is 1. The predicted octanol–water partition coefficient (Wildman–Crippen LogP) is 1.60. The molecule has 0 aromatic heterocycles. The number of nitrogens with zero attached hydrogens (tertiary/aromatic N) is 2. The van der Waals surface area contributed by atoms with Gasteiger partial charge in [0.25, 0.3) is 5.91 Å². The zero-order valence-electron chi connectivity index (χ0n) is 13.5. The van der Waals surface area contributed by atoms with Gasteiger partial charge in [-0.25, -0.2) is 4.79 Å². The molecule has 0 aromatic carbocycles. The molecule has 6 heteroatoms. The molecular formula is C15H27N3O3. The van der Waals surface area contributed by atoms with Gasteiger partial charge in [-0.15, -0.1) is 0 Å². The van der Waals surface area contributed by atoms with E-state index in [1.165, 1.54) is 11.8 Å². The lowest BCUT2D eigenvalue weighted by Crippen LogP contribution is -2.38. The van der Waals surface area contributed by atoms with Crippen molar-refractivity contribution in [2.75, 3.05) is 19.6 Å². The van der Waals surface area contributed by atoms with Crippen molar-refractivity contribution >= 4 is 17.8 Å². The van der Waals surface area contributed by atoms with Gasteiger partial charge in [0, 0.05) is 26.6 Å². The van der Waals surface area contributed by atoms with Gasteiger partial charge in [-0.1, -0.05) is 13.8 Å². The Morgan fingerprint density at radius 2 is 1.95 bits per heavy atom. The first-order valence-corrected chi connectivity index (χ1v) is 7.74. The molecule has 1 aliphatic heterocycles. The lowest BCUT2D eigenvalue weighted by Gasteiger charge is -2.23. The number of imide groups is 1. The number of hydrogen-bond acceptors (Lipinski definition) is 3. The van der Waals surface area contributed by atoms with Crippen molar-refractivity contribution in [1.29, 1.82) is 0 Å². The number of carbonyl (C=O) groups is 3. The Morgan fingerprint density at radius 1 is 1.29 bits per heavy atom. The summed E-state index contributed by atoms with van der Waals surface area (Å²) in [7, 11) is 0. The van der Waals surface area contributed by atoms with Crippen LogP contribution in [0.5, 0.6) is 0 Å². The van der Waals surface area contributed by atoms with E-state index in [9.17, 15) is 14.4 Å². The summed E-state index contributed by atoms with van der Waals surface area (Å²) < 4.78 is 0. The fourth-order valence-corrected chi connectivity index (χ4v) is 2.59. The second-order valence-corrected chi connectivity index (χ2v) is 5.91. The molecule has 1 aliphatic rings. The summed E-state index contributed by atoms with van der Waals surface area (Å²) >= 11 is 0. The summed E-state index contributed by atoms with van der Waals surface area (Å²) in [5.41, 5.74) is 0. The van der Waals surface area contributed by atoms with Crippen LogP contribution in [0.4, 0.5) is 4.79 Å². The number of urea groups is 1. The Kier molecular flexibility index (Phi) is 6.65. The molecule has 1 N–H and O–H groups in total. The molecular weight excluding hydrogens is 270 g/mol. The summed E-state index contributed by atoms with van der Waals surface area (Å²) in [5.74, 6) is 0.212. The number of nitrogens with one attached hydrogen (secondary N) is 1. The SMILES string of the molecule is CCN1C(=O)[C@H](CCCCNC(C)=O)N(CC(C)C)C1=O. The van der Waals surface area contributed by atoms with E-state index in [2.05, 4.69) is 5.32 Å². The molecule has 4 amide bonds. The average Bonchev–Trinajstić information content (AvgIpc) is 2.61. The first-order chi connectivity index (χ1) is 9.88. The summed E-state index contributed by atoms with van der Waals surface area (Å²) in [6, 6.07) is -0.500. The zero-order chi connectivity index (χ0) is 16.0. The maximum Gasteiger partial charge on any atom is 0.327 e. The first kappa shape index (κ1) is 17.5. The summed E-state index contributed by atoms with van der Waals surface area (Å²) in [6.07, 6.45) is 2.29. The Balaban J connectivity index is 2.56. The number of carbonyl (C=O) groups excluding carboxylic acids is 3. The van der Waals surface area contributed by atoms with Crippen molar-refractivity contribution in [1.82, 2.24) is 15.1 Å². The largest absolute Gasteiger partial charge is 0.356 e. The smallest absolute Gasteiger partial charge is 0.327 e. The van der Waals surface area contributed by atoms with Gasteiger partial charge in [-0.2, -0.15) is 0 Å². The zero-order valence-corrected chi connectivity index (χ0v) is 13.5. The van der Waals surface area contributed by atoms with Gasteiger partial charge in [0.15, 0.2) is 0 Å². The van der Waals surface area contributed by atoms with Crippen LogP contribution in [-0.4, -0.2) is 53.3 Å². The topological polar surface area (TPSA) is 69.7 Å². The molecule has 1 atom stereocenters. The predicted molar refractivity (Wildman–Crippen MR) is 80.6 cm³/mol.